The van der Waals surface area contributed by atoms with Gasteiger partial charge in [0.15, 0.2) is 9.84 Å². The van der Waals surface area contributed by atoms with Crippen molar-refractivity contribution >= 4 is 9.84 Å². The average Bonchev–Trinajstić information content (AvgIpc) is 2.08. The number of hydrogen-bond donors (Lipinski definition) is 1. The summed E-state index contributed by atoms with van der Waals surface area (Å²) in [5.74, 6) is 0.827. The first-order valence-corrected chi connectivity index (χ1v) is 6.89. The van der Waals surface area contributed by atoms with Crippen LogP contribution in [0.5, 0.6) is 0 Å². The Kier molecular flexibility index (Phi) is 3.92. The Morgan fingerprint density at radius 2 is 2.21 bits per heavy atom. The molecule has 4 nitrogen and oxygen atoms in total. The number of nitrogens with two attached hydrogens (primary N) is 1. The monoisotopic (exact) mass is 220 g/mol. The SMILES string of the molecule is CC(N)CN1CCS(=O)(=O)CC(C)C1. The predicted octanol–water partition coefficient (Wildman–Crippen LogP) is -0.300. The van der Waals surface area contributed by atoms with E-state index in [1.807, 2.05) is 13.8 Å². The maximum Gasteiger partial charge on any atom is 0.151 e. The van der Waals surface area contributed by atoms with Crippen LogP contribution in [0.2, 0.25) is 0 Å². The molecule has 0 aliphatic carbocycles. The fourth-order valence-electron chi connectivity index (χ4n) is 1.94. The number of hydrogen-bond acceptors (Lipinski definition) is 4. The molecule has 1 aliphatic heterocycles. The van der Waals surface area contributed by atoms with Crippen LogP contribution in [0.4, 0.5) is 0 Å². The maximum atomic E-state index is 11.5. The highest BCUT2D eigenvalue weighted by Crippen LogP contribution is 2.10. The van der Waals surface area contributed by atoms with Gasteiger partial charge in [-0.3, -0.25) is 0 Å². The molecule has 1 rings (SSSR count). The molecule has 1 fully saturated rings. The minimum absolute atomic E-state index is 0.114. The Hall–Kier alpha value is -0.130. The molecule has 0 aromatic rings. The second-order valence-electron chi connectivity index (χ2n) is 4.46. The van der Waals surface area contributed by atoms with E-state index >= 15 is 0 Å². The summed E-state index contributed by atoms with van der Waals surface area (Å²) < 4.78 is 22.9. The molecule has 0 spiro atoms. The van der Waals surface area contributed by atoms with Crippen molar-refractivity contribution in [3.8, 4) is 0 Å². The molecule has 0 aromatic heterocycles. The molecule has 0 saturated carbocycles. The summed E-state index contributed by atoms with van der Waals surface area (Å²) >= 11 is 0. The van der Waals surface area contributed by atoms with Gasteiger partial charge >= 0.3 is 0 Å². The zero-order valence-electron chi connectivity index (χ0n) is 8.94. The third-order valence-corrected chi connectivity index (χ3v) is 4.25. The normalized spacial score (nSPS) is 30.9. The second kappa shape index (κ2) is 4.59. The Balaban J connectivity index is 2.58. The van der Waals surface area contributed by atoms with Crippen LogP contribution >= 0.6 is 0 Å². The topological polar surface area (TPSA) is 63.4 Å². The van der Waals surface area contributed by atoms with Crippen LogP contribution in [-0.4, -0.2) is 50.5 Å². The number of rotatable bonds is 2. The van der Waals surface area contributed by atoms with E-state index in [1.165, 1.54) is 0 Å². The van der Waals surface area contributed by atoms with Crippen LogP contribution in [0.25, 0.3) is 0 Å². The van der Waals surface area contributed by atoms with Gasteiger partial charge in [0.25, 0.3) is 0 Å². The quantitative estimate of drug-likeness (QED) is 0.694. The Labute approximate surface area is 86.4 Å². The Morgan fingerprint density at radius 1 is 1.57 bits per heavy atom. The lowest BCUT2D eigenvalue weighted by atomic mass is 10.2. The van der Waals surface area contributed by atoms with Crippen LogP contribution in [0.3, 0.4) is 0 Å². The minimum Gasteiger partial charge on any atom is -0.327 e. The van der Waals surface area contributed by atoms with E-state index in [2.05, 4.69) is 4.90 Å². The minimum atomic E-state index is -2.82. The standard InChI is InChI=1S/C9H20N2O2S/c1-8-5-11(6-9(2)10)3-4-14(12,13)7-8/h8-9H,3-7,10H2,1-2H3. The van der Waals surface area contributed by atoms with Crippen molar-refractivity contribution in [2.75, 3.05) is 31.1 Å². The third-order valence-electron chi connectivity index (χ3n) is 2.37. The molecule has 0 bridgehead atoms. The summed E-state index contributed by atoms with van der Waals surface area (Å²) in [7, 11) is -2.82. The maximum absolute atomic E-state index is 11.5. The molecule has 0 amide bonds. The van der Waals surface area contributed by atoms with Gasteiger partial charge in [0.2, 0.25) is 0 Å². The molecule has 1 heterocycles. The van der Waals surface area contributed by atoms with Crippen molar-refractivity contribution in [2.45, 2.75) is 19.9 Å². The fourth-order valence-corrected chi connectivity index (χ4v) is 3.62. The smallest absolute Gasteiger partial charge is 0.151 e. The van der Waals surface area contributed by atoms with Crippen LogP contribution in [0.15, 0.2) is 0 Å². The molecule has 0 radical (unpaired) electrons. The summed E-state index contributed by atoms with van der Waals surface area (Å²) in [6.45, 7) is 6.20. The number of nitrogens with zero attached hydrogens (tertiary/aromatic N) is 1. The first kappa shape index (κ1) is 11.9. The van der Waals surface area contributed by atoms with Gasteiger partial charge in [-0.15, -0.1) is 0 Å². The van der Waals surface area contributed by atoms with E-state index in [1.54, 1.807) is 0 Å². The lowest BCUT2D eigenvalue weighted by Gasteiger charge is -2.23. The molecule has 1 aliphatic rings. The van der Waals surface area contributed by atoms with Crippen molar-refractivity contribution in [3.63, 3.8) is 0 Å². The second-order valence-corrected chi connectivity index (χ2v) is 6.69. The molecular formula is C9H20N2O2S. The van der Waals surface area contributed by atoms with E-state index in [0.717, 1.165) is 13.1 Å². The zero-order chi connectivity index (χ0) is 10.8. The third kappa shape index (κ3) is 3.94. The molecule has 5 heteroatoms. The molecule has 2 N–H and O–H groups in total. The van der Waals surface area contributed by atoms with Crippen molar-refractivity contribution in [1.29, 1.82) is 0 Å². The molecule has 2 unspecified atom stereocenters. The van der Waals surface area contributed by atoms with Crippen LogP contribution in [0, 0.1) is 5.92 Å². The molecule has 84 valence electrons. The van der Waals surface area contributed by atoms with Gasteiger partial charge in [0.1, 0.15) is 0 Å². The van der Waals surface area contributed by atoms with Gasteiger partial charge in [0, 0.05) is 25.7 Å². The molecule has 0 aromatic carbocycles. The lowest BCUT2D eigenvalue weighted by Crippen LogP contribution is -2.38. The van der Waals surface area contributed by atoms with Crippen LogP contribution in [0.1, 0.15) is 13.8 Å². The summed E-state index contributed by atoms with van der Waals surface area (Å²) in [5, 5.41) is 0. The highest BCUT2D eigenvalue weighted by molar-refractivity contribution is 7.91. The van der Waals surface area contributed by atoms with Gasteiger partial charge in [-0.1, -0.05) is 6.92 Å². The summed E-state index contributed by atoms with van der Waals surface area (Å²) in [4.78, 5) is 2.15. The van der Waals surface area contributed by atoms with E-state index in [4.69, 9.17) is 5.73 Å². The first-order chi connectivity index (χ1) is 6.39. The van der Waals surface area contributed by atoms with Crippen LogP contribution < -0.4 is 5.73 Å². The molecule has 14 heavy (non-hydrogen) atoms. The van der Waals surface area contributed by atoms with E-state index in [9.17, 15) is 8.42 Å². The van der Waals surface area contributed by atoms with Crippen molar-refractivity contribution in [2.24, 2.45) is 11.7 Å². The molecule has 2 atom stereocenters. The van der Waals surface area contributed by atoms with Gasteiger partial charge in [-0.25, -0.2) is 8.42 Å². The van der Waals surface area contributed by atoms with Gasteiger partial charge in [0.05, 0.1) is 11.5 Å². The fraction of sp³-hybridized carbons (Fsp3) is 1.00. The first-order valence-electron chi connectivity index (χ1n) is 5.07. The van der Waals surface area contributed by atoms with E-state index < -0.39 is 9.84 Å². The van der Waals surface area contributed by atoms with Crippen LogP contribution in [-0.2, 0) is 9.84 Å². The molecule has 1 saturated heterocycles. The van der Waals surface area contributed by atoms with E-state index in [-0.39, 0.29) is 17.7 Å². The van der Waals surface area contributed by atoms with Gasteiger partial charge in [-0.2, -0.15) is 0 Å². The molecular weight excluding hydrogens is 200 g/mol. The number of sulfone groups is 1. The highest BCUT2D eigenvalue weighted by Gasteiger charge is 2.24. The van der Waals surface area contributed by atoms with Crippen molar-refractivity contribution in [1.82, 2.24) is 4.90 Å². The van der Waals surface area contributed by atoms with Gasteiger partial charge in [-0.05, 0) is 12.8 Å². The highest BCUT2D eigenvalue weighted by atomic mass is 32.2. The lowest BCUT2D eigenvalue weighted by molar-refractivity contribution is 0.253. The van der Waals surface area contributed by atoms with E-state index in [0.29, 0.717) is 12.3 Å². The predicted molar refractivity (Wildman–Crippen MR) is 57.9 cm³/mol. The summed E-state index contributed by atoms with van der Waals surface area (Å²) in [6.07, 6.45) is 0. The van der Waals surface area contributed by atoms with Crippen molar-refractivity contribution in [3.05, 3.63) is 0 Å². The Bertz CT molecular complexity index is 275. The summed E-state index contributed by atoms with van der Waals surface area (Å²) in [5.41, 5.74) is 5.70. The average molecular weight is 220 g/mol. The largest absolute Gasteiger partial charge is 0.327 e. The Morgan fingerprint density at radius 3 is 2.79 bits per heavy atom. The summed E-state index contributed by atoms with van der Waals surface area (Å²) in [6, 6.07) is 0.114. The van der Waals surface area contributed by atoms with Crippen molar-refractivity contribution < 1.29 is 8.42 Å². The zero-order valence-corrected chi connectivity index (χ0v) is 9.76. The van der Waals surface area contributed by atoms with Gasteiger partial charge < -0.3 is 10.6 Å².